The number of nitrogens with zero attached hydrogens (tertiary/aromatic N) is 1. The van der Waals surface area contributed by atoms with Crippen LogP contribution >= 0.6 is 0 Å². The van der Waals surface area contributed by atoms with Gasteiger partial charge in [0, 0.05) is 11.6 Å². The van der Waals surface area contributed by atoms with Crippen LogP contribution in [0.4, 0.5) is 4.48 Å². The summed E-state index contributed by atoms with van der Waals surface area (Å²) in [6.07, 6.45) is 1.42. The van der Waals surface area contributed by atoms with Gasteiger partial charge >= 0.3 is 0 Å². The molecular formula is C11H14FN. The molecule has 0 unspecified atom stereocenters. The number of rotatable bonds is 0. The van der Waals surface area contributed by atoms with Crippen molar-refractivity contribution in [1.29, 1.82) is 0 Å². The van der Waals surface area contributed by atoms with Crippen LogP contribution < -0.4 is 0 Å². The van der Waals surface area contributed by atoms with E-state index < -0.39 is 0 Å². The molecule has 0 aliphatic rings. The Morgan fingerprint density at radius 2 is 1.85 bits per heavy atom. The lowest BCUT2D eigenvalue weighted by Crippen LogP contribution is -1.77. The van der Waals surface area contributed by atoms with Gasteiger partial charge in [0.25, 0.3) is 0 Å². The average Bonchev–Trinajstić information content (AvgIpc) is 2.51. The molecule has 1 aromatic carbocycles. The molecule has 0 fully saturated rings. The molecule has 1 nitrogen and oxygen atoms in total. The maximum atomic E-state index is 12.8. The van der Waals surface area contributed by atoms with Crippen molar-refractivity contribution < 1.29 is 4.48 Å². The van der Waals surface area contributed by atoms with Gasteiger partial charge in [0.1, 0.15) is 0 Å². The van der Waals surface area contributed by atoms with Crippen molar-refractivity contribution >= 4 is 10.9 Å². The van der Waals surface area contributed by atoms with Gasteiger partial charge in [-0.15, -0.1) is 0 Å². The summed E-state index contributed by atoms with van der Waals surface area (Å²) in [7, 11) is 0. The van der Waals surface area contributed by atoms with Gasteiger partial charge in [-0.05, 0) is 25.1 Å². The summed E-state index contributed by atoms with van der Waals surface area (Å²) >= 11 is 0. The van der Waals surface area contributed by atoms with Crippen LogP contribution in [0, 0.1) is 6.92 Å². The second kappa shape index (κ2) is 4.08. The minimum absolute atomic E-state index is 0.634. The Balaban J connectivity index is 0.000000396. The molecule has 0 radical (unpaired) electrons. The Labute approximate surface area is 77.7 Å². The minimum Gasteiger partial charge on any atom is -0.186 e. The van der Waals surface area contributed by atoms with Crippen LogP contribution in [0.3, 0.4) is 0 Å². The molecule has 0 spiro atoms. The van der Waals surface area contributed by atoms with Crippen LogP contribution in [0.2, 0.25) is 0 Å². The molecule has 2 aromatic rings. The van der Waals surface area contributed by atoms with Crippen molar-refractivity contribution in [2.24, 2.45) is 0 Å². The first-order valence-electron chi connectivity index (χ1n) is 4.51. The zero-order chi connectivity index (χ0) is 9.84. The van der Waals surface area contributed by atoms with Crippen LogP contribution in [0.1, 0.15) is 19.4 Å². The zero-order valence-electron chi connectivity index (χ0n) is 8.21. The van der Waals surface area contributed by atoms with Crippen molar-refractivity contribution in [2.75, 3.05) is 0 Å². The Morgan fingerprint density at radius 3 is 2.54 bits per heavy atom. The summed E-state index contributed by atoms with van der Waals surface area (Å²) < 4.78 is 12.8. The van der Waals surface area contributed by atoms with E-state index in [0.29, 0.717) is 10.3 Å². The van der Waals surface area contributed by atoms with Crippen molar-refractivity contribution in [3.63, 3.8) is 0 Å². The lowest BCUT2D eigenvalue weighted by Gasteiger charge is -1.92. The minimum atomic E-state index is 0.634. The molecule has 0 saturated carbocycles. The quantitative estimate of drug-likeness (QED) is 0.581. The predicted molar refractivity (Wildman–Crippen MR) is 54.5 cm³/mol. The molecule has 1 aromatic heterocycles. The lowest BCUT2D eigenvalue weighted by atomic mass is 10.2. The zero-order valence-corrected chi connectivity index (χ0v) is 8.21. The van der Waals surface area contributed by atoms with Crippen LogP contribution in [0.25, 0.3) is 10.9 Å². The van der Waals surface area contributed by atoms with Gasteiger partial charge < -0.3 is 0 Å². The second-order valence-electron chi connectivity index (χ2n) is 2.69. The van der Waals surface area contributed by atoms with E-state index in [1.165, 1.54) is 6.20 Å². The number of hydrogen-bond donors (Lipinski definition) is 0. The lowest BCUT2D eigenvalue weighted by molar-refractivity contribution is 0.388. The summed E-state index contributed by atoms with van der Waals surface area (Å²) in [5.74, 6) is 0. The highest BCUT2D eigenvalue weighted by molar-refractivity contribution is 5.80. The molecule has 0 saturated heterocycles. The van der Waals surface area contributed by atoms with Crippen molar-refractivity contribution in [1.82, 2.24) is 4.79 Å². The maximum absolute atomic E-state index is 12.8. The van der Waals surface area contributed by atoms with Gasteiger partial charge in [0.2, 0.25) is 0 Å². The van der Waals surface area contributed by atoms with Crippen molar-refractivity contribution in [3.05, 3.63) is 36.0 Å². The summed E-state index contributed by atoms with van der Waals surface area (Å²) in [6, 6.07) is 7.41. The molecule has 70 valence electrons. The highest BCUT2D eigenvalue weighted by Gasteiger charge is 1.97. The van der Waals surface area contributed by atoms with E-state index >= 15 is 0 Å². The fraction of sp³-hybridized carbons (Fsp3) is 0.273. The van der Waals surface area contributed by atoms with Crippen molar-refractivity contribution in [2.45, 2.75) is 20.8 Å². The van der Waals surface area contributed by atoms with E-state index in [1.54, 1.807) is 12.1 Å². The molecule has 13 heavy (non-hydrogen) atoms. The molecule has 0 amide bonds. The van der Waals surface area contributed by atoms with E-state index in [2.05, 4.69) is 0 Å². The number of aryl methyl sites for hydroxylation is 1. The Bertz CT molecular complexity index is 390. The molecule has 0 N–H and O–H groups in total. The van der Waals surface area contributed by atoms with Crippen LogP contribution in [0.5, 0.6) is 0 Å². The fourth-order valence-electron chi connectivity index (χ4n) is 1.23. The SMILES string of the molecule is CC.Cc1ccc2c(ccn2F)c1. The van der Waals surface area contributed by atoms with E-state index in [0.717, 1.165) is 10.9 Å². The summed E-state index contributed by atoms with van der Waals surface area (Å²) in [5.41, 5.74) is 1.79. The first-order chi connectivity index (χ1) is 6.27. The van der Waals surface area contributed by atoms with Gasteiger partial charge in [-0.3, -0.25) is 0 Å². The first-order valence-corrected chi connectivity index (χ1v) is 4.51. The number of hydrogen-bond acceptors (Lipinski definition) is 0. The monoisotopic (exact) mass is 179 g/mol. The molecule has 0 aliphatic carbocycles. The van der Waals surface area contributed by atoms with Gasteiger partial charge in [-0.1, -0.05) is 30.0 Å². The summed E-state index contributed by atoms with van der Waals surface area (Å²) in [5, 5.41) is 0.951. The normalized spacial score (nSPS) is 9.54. The van der Waals surface area contributed by atoms with E-state index in [9.17, 15) is 4.48 Å². The average molecular weight is 179 g/mol. The number of benzene rings is 1. The number of aromatic nitrogens is 1. The second-order valence-corrected chi connectivity index (χ2v) is 2.69. The predicted octanol–water partition coefficient (Wildman–Crippen LogP) is 3.71. The standard InChI is InChI=1S/C9H8FN.C2H6/c1-7-2-3-9-8(6-7)4-5-11(9)10;1-2/h2-6H,1H3;1-2H3. The van der Waals surface area contributed by atoms with Gasteiger partial charge in [0.15, 0.2) is 0 Å². The third-order valence-corrected chi connectivity index (χ3v) is 1.80. The van der Waals surface area contributed by atoms with Crippen LogP contribution in [-0.4, -0.2) is 4.79 Å². The van der Waals surface area contributed by atoms with Gasteiger partial charge in [-0.25, -0.2) is 0 Å². The molecule has 0 atom stereocenters. The van der Waals surface area contributed by atoms with Crippen molar-refractivity contribution in [3.8, 4) is 0 Å². The Morgan fingerprint density at radius 1 is 1.15 bits per heavy atom. The van der Waals surface area contributed by atoms with E-state index in [1.807, 2.05) is 32.9 Å². The molecule has 0 bridgehead atoms. The summed E-state index contributed by atoms with van der Waals surface area (Å²) in [6.45, 7) is 6.00. The molecule has 1 heterocycles. The molecule has 2 heteroatoms. The van der Waals surface area contributed by atoms with E-state index in [4.69, 9.17) is 0 Å². The Hall–Kier alpha value is -1.31. The summed E-state index contributed by atoms with van der Waals surface area (Å²) in [4.78, 5) is 0.634. The largest absolute Gasteiger partial charge is 0.186 e. The van der Waals surface area contributed by atoms with Crippen LogP contribution in [-0.2, 0) is 0 Å². The highest BCUT2D eigenvalue weighted by Crippen LogP contribution is 2.16. The number of halogens is 1. The fourth-order valence-corrected chi connectivity index (χ4v) is 1.23. The van der Waals surface area contributed by atoms with Gasteiger partial charge in [0.05, 0.1) is 5.52 Å². The van der Waals surface area contributed by atoms with Crippen LogP contribution in [0.15, 0.2) is 30.5 Å². The topological polar surface area (TPSA) is 4.93 Å². The third kappa shape index (κ3) is 1.89. The molecular weight excluding hydrogens is 165 g/mol. The third-order valence-electron chi connectivity index (χ3n) is 1.80. The van der Waals surface area contributed by atoms with Gasteiger partial charge in [-0.2, -0.15) is 4.79 Å². The first kappa shape index (κ1) is 9.78. The molecule has 0 aliphatic heterocycles. The Kier molecular flexibility index (Phi) is 3.07. The molecule has 2 rings (SSSR count). The smallest absolute Gasteiger partial charge is 0.0812 e. The van der Waals surface area contributed by atoms with E-state index in [-0.39, 0.29) is 0 Å². The highest BCUT2D eigenvalue weighted by atomic mass is 19.2. The maximum Gasteiger partial charge on any atom is 0.0812 e. The number of fused-ring (bicyclic) bond motifs is 1.